The summed E-state index contributed by atoms with van der Waals surface area (Å²) in [7, 11) is 0. The molecule has 8 N–H and O–H groups in total. The van der Waals surface area contributed by atoms with Gasteiger partial charge < -0.3 is 65.8 Å². The molecule has 0 saturated heterocycles. The molecule has 0 aliphatic rings. The third kappa shape index (κ3) is 13.0. The third-order valence-corrected chi connectivity index (χ3v) is 6.15. The van der Waals surface area contributed by atoms with E-state index in [1.807, 2.05) is 0 Å². The third-order valence-electron chi connectivity index (χ3n) is 6.15. The van der Waals surface area contributed by atoms with Crippen LogP contribution in [0.2, 0.25) is 0 Å². The number of aryl methyl sites for hydroxylation is 8. The van der Waals surface area contributed by atoms with Gasteiger partial charge in [-0.25, -0.2) is 19.9 Å². The van der Waals surface area contributed by atoms with Crippen molar-refractivity contribution in [2.45, 2.75) is 93.9 Å². The molecule has 13 nitrogen and oxygen atoms in total. The summed E-state index contributed by atoms with van der Waals surface area (Å²) in [5.74, 6) is 4.23. The Kier molecular flexibility index (Phi) is 25.1. The van der Waals surface area contributed by atoms with Gasteiger partial charge in [0.05, 0.1) is 22.8 Å². The topological polar surface area (TPSA) is 230 Å². The molecule has 0 amide bonds. The van der Waals surface area contributed by atoms with Crippen LogP contribution in [0, 0.1) is 37.8 Å². The Morgan fingerprint density at radius 1 is 0.548 bits per heavy atom. The first-order valence-corrected chi connectivity index (χ1v) is 12.8. The summed E-state index contributed by atoms with van der Waals surface area (Å²) in [6.07, 6.45) is 5.40. The number of rotatable bonds is 8. The van der Waals surface area contributed by atoms with Crippen molar-refractivity contribution in [1.29, 1.82) is 0 Å². The Labute approximate surface area is 269 Å². The summed E-state index contributed by atoms with van der Waals surface area (Å²) < 4.78 is 0. The van der Waals surface area contributed by atoms with Crippen LogP contribution < -0.4 is 24.8 Å². The Balaban J connectivity index is -0.000000283. The first-order chi connectivity index (χ1) is 17.7. The van der Waals surface area contributed by atoms with E-state index in [0.717, 1.165) is 113 Å². The van der Waals surface area contributed by atoms with Crippen LogP contribution >= 0.6 is 0 Å². The monoisotopic (exact) mass is 674 g/mol. The normalized spacial score (nSPS) is 9.24. The van der Waals surface area contributed by atoms with Gasteiger partial charge in [-0.1, -0.05) is 27.7 Å². The maximum atomic E-state index is 8.00. The molecule has 4 rings (SSSR count). The summed E-state index contributed by atoms with van der Waals surface area (Å²) in [6, 6.07) is 0. The molecule has 0 unspecified atom stereocenters. The van der Waals surface area contributed by atoms with Crippen molar-refractivity contribution in [2.75, 3.05) is 0 Å². The Hall–Kier alpha value is -2.77. The first kappa shape index (κ1) is 46.2. The molecule has 16 heteroatoms. The molecule has 241 valence electrons. The first-order valence-electron chi connectivity index (χ1n) is 12.8. The van der Waals surface area contributed by atoms with Crippen LogP contribution in [0.1, 0.15) is 96.5 Å². The van der Waals surface area contributed by atoms with Crippen LogP contribution in [0.15, 0.2) is 5.34 Å². The fraction of sp³-hybridized carbons (Fsp3) is 0.538. The SMILES string of the molecule is CCc1nc(Cc2nc(CC)[nH]c2C)c(C)[nH]1.CCc1nc(Cc2nc(CC)[nH]c2C)c(C)[nH]1.O.O.O=N[O-].[Cl-].[Cl-].[Ni+3]. The minimum Gasteiger partial charge on any atom is -1.00 e. The van der Waals surface area contributed by atoms with Gasteiger partial charge in [0.25, 0.3) is 0 Å². The summed E-state index contributed by atoms with van der Waals surface area (Å²) >= 11 is 0. The van der Waals surface area contributed by atoms with E-state index in [4.69, 9.17) is 10.1 Å². The maximum Gasteiger partial charge on any atom is 3.00 e. The molecule has 0 aliphatic carbocycles. The molecule has 42 heavy (non-hydrogen) atoms. The van der Waals surface area contributed by atoms with E-state index in [1.165, 1.54) is 0 Å². The zero-order valence-corrected chi connectivity index (χ0v) is 27.9. The predicted molar refractivity (Wildman–Crippen MR) is 153 cm³/mol. The van der Waals surface area contributed by atoms with Crippen LogP contribution in [-0.4, -0.2) is 50.8 Å². The summed E-state index contributed by atoms with van der Waals surface area (Å²) in [5.41, 5.74) is 9.06. The second-order valence-electron chi connectivity index (χ2n) is 8.86. The number of halogens is 2. The van der Waals surface area contributed by atoms with Gasteiger partial charge in [0, 0.05) is 61.3 Å². The number of imidazole rings is 4. The van der Waals surface area contributed by atoms with Crippen LogP contribution in [0.4, 0.5) is 0 Å². The zero-order valence-electron chi connectivity index (χ0n) is 25.4. The van der Waals surface area contributed by atoms with E-state index in [2.05, 4.69) is 95.3 Å². The molecule has 0 atom stereocenters. The van der Waals surface area contributed by atoms with E-state index < -0.39 is 0 Å². The number of aromatic nitrogens is 8. The van der Waals surface area contributed by atoms with Gasteiger partial charge in [-0.3, -0.25) is 0 Å². The van der Waals surface area contributed by atoms with Crippen LogP contribution in [0.3, 0.4) is 0 Å². The standard InChI is InChI=1S/2C13H20N4.2ClH.HNO2.Ni.2H2O/c2*1-5-12-14-8(3)10(16-12)7-11-9(4)15-13(6-2)17-11;;;2-1-3;;;/h2*5-7H2,1-4H3,(H,14,16)(H,15,17);2*1H;(H,2,3);;2*1H2/q;;;;;+3;;/p-3. The quantitative estimate of drug-likeness (QED) is 0.0898. The van der Waals surface area contributed by atoms with Crippen LogP contribution in [0.25, 0.3) is 0 Å². The smallest absolute Gasteiger partial charge is 1.00 e. The van der Waals surface area contributed by atoms with Gasteiger partial charge in [-0.15, -0.1) is 5.34 Å². The van der Waals surface area contributed by atoms with Gasteiger partial charge in [0.2, 0.25) is 0 Å². The van der Waals surface area contributed by atoms with E-state index in [0.29, 0.717) is 0 Å². The summed E-state index contributed by atoms with van der Waals surface area (Å²) in [4.78, 5) is 39.6. The number of hydrogen-bond donors (Lipinski definition) is 4. The fourth-order valence-corrected chi connectivity index (χ4v) is 3.93. The van der Waals surface area contributed by atoms with Crippen molar-refractivity contribution >= 4 is 0 Å². The van der Waals surface area contributed by atoms with Crippen molar-refractivity contribution in [1.82, 2.24) is 39.9 Å². The molecule has 0 fully saturated rings. The molecular weight excluding hydrogens is 632 g/mol. The van der Waals surface area contributed by atoms with Gasteiger partial charge in [-0.2, -0.15) is 0 Å². The fourth-order valence-electron chi connectivity index (χ4n) is 3.93. The number of nitrogens with zero attached hydrogens (tertiary/aromatic N) is 5. The Morgan fingerprint density at radius 3 is 0.833 bits per heavy atom. The molecular formula is C26H44Cl2N9NiO4. The molecule has 4 heterocycles. The van der Waals surface area contributed by atoms with Crippen molar-refractivity contribution in [3.8, 4) is 0 Å². The summed E-state index contributed by atoms with van der Waals surface area (Å²) in [5, 5.41) is 9.00. The zero-order chi connectivity index (χ0) is 27.5. The van der Waals surface area contributed by atoms with Crippen molar-refractivity contribution in [2.24, 2.45) is 5.34 Å². The molecule has 0 bridgehead atoms. The van der Waals surface area contributed by atoms with E-state index in [-0.39, 0.29) is 52.3 Å². The van der Waals surface area contributed by atoms with Gasteiger partial charge in [0.1, 0.15) is 23.3 Å². The predicted octanol–water partition coefficient (Wildman–Crippen LogP) is -2.46. The number of hydrogen-bond acceptors (Lipinski definition) is 7. The molecule has 0 aromatic carbocycles. The molecule has 0 aliphatic heterocycles. The number of nitrogens with one attached hydrogen (secondary N) is 4. The van der Waals surface area contributed by atoms with Crippen molar-refractivity contribution in [3.63, 3.8) is 0 Å². The Bertz CT molecular complexity index is 1100. The molecule has 1 radical (unpaired) electrons. The summed E-state index contributed by atoms with van der Waals surface area (Å²) in [6.45, 7) is 16.7. The maximum absolute atomic E-state index is 8.00. The average Bonchev–Trinajstić information content (AvgIpc) is 3.63. The van der Waals surface area contributed by atoms with Crippen molar-refractivity contribution in [3.05, 3.63) is 79.0 Å². The second kappa shape index (κ2) is 22.8. The van der Waals surface area contributed by atoms with Crippen LogP contribution in [-0.2, 0) is 55.0 Å². The molecule has 4 aromatic rings. The number of H-pyrrole nitrogens is 4. The average molecular weight is 676 g/mol. The number of aromatic amines is 4. The second-order valence-corrected chi connectivity index (χ2v) is 8.86. The van der Waals surface area contributed by atoms with Gasteiger partial charge in [0.15, 0.2) is 0 Å². The van der Waals surface area contributed by atoms with Crippen molar-refractivity contribution < 1.29 is 52.3 Å². The molecule has 0 saturated carbocycles. The van der Waals surface area contributed by atoms with Gasteiger partial charge >= 0.3 is 16.5 Å². The Morgan fingerprint density at radius 2 is 0.714 bits per heavy atom. The van der Waals surface area contributed by atoms with E-state index in [9.17, 15) is 0 Å². The molecule has 0 spiro atoms. The minimum atomic E-state index is 0. The molecule has 4 aromatic heterocycles. The van der Waals surface area contributed by atoms with E-state index in [1.54, 1.807) is 0 Å². The van der Waals surface area contributed by atoms with Crippen LogP contribution in [0.5, 0.6) is 0 Å². The largest absolute Gasteiger partial charge is 3.00 e. The van der Waals surface area contributed by atoms with Gasteiger partial charge in [-0.05, 0) is 27.7 Å². The minimum absolute atomic E-state index is 0. The van der Waals surface area contributed by atoms with E-state index >= 15 is 0 Å².